The van der Waals surface area contributed by atoms with Crippen molar-refractivity contribution in [3.8, 4) is 23.0 Å². The highest BCUT2D eigenvalue weighted by Gasteiger charge is 2.27. The zero-order valence-electron chi connectivity index (χ0n) is 12.3. The van der Waals surface area contributed by atoms with Crippen LogP contribution >= 0.6 is 0 Å². The number of hydrogen-bond donors (Lipinski definition) is 1. The molecule has 0 saturated carbocycles. The first-order valence-corrected chi connectivity index (χ1v) is 7.34. The number of carbonyl (C=O) groups is 1. The Bertz CT molecular complexity index is 746. The summed E-state index contributed by atoms with van der Waals surface area (Å²) in [5.41, 5.74) is 0.930. The Morgan fingerprint density at radius 1 is 1.00 bits per heavy atom. The fourth-order valence-electron chi connectivity index (χ4n) is 2.50. The Morgan fingerprint density at radius 2 is 1.78 bits per heavy atom. The van der Waals surface area contributed by atoms with Gasteiger partial charge >= 0.3 is 0 Å². The molecule has 6 nitrogen and oxygen atoms in total. The van der Waals surface area contributed by atoms with Gasteiger partial charge in [0.05, 0.1) is 0 Å². The van der Waals surface area contributed by atoms with E-state index in [1.54, 1.807) is 6.07 Å². The van der Waals surface area contributed by atoms with Crippen molar-refractivity contribution in [1.29, 1.82) is 0 Å². The van der Waals surface area contributed by atoms with E-state index in [2.05, 4.69) is 5.32 Å². The van der Waals surface area contributed by atoms with Crippen LogP contribution in [0, 0.1) is 0 Å². The van der Waals surface area contributed by atoms with E-state index in [4.69, 9.17) is 18.9 Å². The second kappa shape index (κ2) is 5.72. The molecule has 1 N–H and O–H groups in total. The zero-order chi connectivity index (χ0) is 15.6. The Labute approximate surface area is 132 Å². The van der Waals surface area contributed by atoms with Gasteiger partial charge in [-0.1, -0.05) is 18.2 Å². The molecule has 0 radical (unpaired) electrons. The number of nitrogens with one attached hydrogen (secondary N) is 1. The molecular weight excluding hydrogens is 298 g/mol. The minimum atomic E-state index is -0.654. The molecule has 1 amide bonds. The number of ether oxygens (including phenoxy) is 4. The van der Waals surface area contributed by atoms with Crippen LogP contribution in [0.5, 0.6) is 23.0 Å². The predicted molar refractivity (Wildman–Crippen MR) is 80.8 cm³/mol. The molecule has 2 heterocycles. The van der Waals surface area contributed by atoms with Crippen LogP contribution in [0.3, 0.4) is 0 Å². The van der Waals surface area contributed by atoms with Gasteiger partial charge in [-0.2, -0.15) is 0 Å². The average molecular weight is 313 g/mol. The van der Waals surface area contributed by atoms with Crippen LogP contribution in [0.2, 0.25) is 0 Å². The van der Waals surface area contributed by atoms with Gasteiger partial charge in [-0.15, -0.1) is 0 Å². The maximum Gasteiger partial charge on any atom is 0.264 e. The third-order valence-corrected chi connectivity index (χ3v) is 3.70. The largest absolute Gasteiger partial charge is 0.485 e. The van der Waals surface area contributed by atoms with E-state index in [0.717, 1.165) is 11.3 Å². The maximum atomic E-state index is 12.2. The minimum Gasteiger partial charge on any atom is -0.485 e. The number of carbonyl (C=O) groups excluding carboxylic acids is 1. The first kappa shape index (κ1) is 13.8. The van der Waals surface area contributed by atoms with Gasteiger partial charge in [-0.25, -0.2) is 0 Å². The van der Waals surface area contributed by atoms with Crippen molar-refractivity contribution in [3.05, 3.63) is 48.0 Å². The van der Waals surface area contributed by atoms with Crippen LogP contribution in [0.4, 0.5) is 0 Å². The first-order chi connectivity index (χ1) is 11.3. The molecule has 118 valence electrons. The normalized spacial score (nSPS) is 17.7. The molecule has 1 atom stereocenters. The summed E-state index contributed by atoms with van der Waals surface area (Å²) in [6.07, 6.45) is -0.654. The van der Waals surface area contributed by atoms with Gasteiger partial charge in [0.15, 0.2) is 23.0 Å². The lowest BCUT2D eigenvalue weighted by Gasteiger charge is -2.25. The van der Waals surface area contributed by atoms with Crippen LogP contribution < -0.4 is 24.3 Å². The van der Waals surface area contributed by atoms with E-state index >= 15 is 0 Å². The predicted octanol–water partition coefficient (Wildman–Crippen LogP) is 1.87. The van der Waals surface area contributed by atoms with Crippen molar-refractivity contribution in [2.24, 2.45) is 0 Å². The highest BCUT2D eigenvalue weighted by atomic mass is 16.7. The molecule has 2 aromatic carbocycles. The van der Waals surface area contributed by atoms with Crippen molar-refractivity contribution >= 4 is 5.91 Å². The third-order valence-electron chi connectivity index (χ3n) is 3.70. The van der Waals surface area contributed by atoms with Crippen LogP contribution in [0.15, 0.2) is 42.5 Å². The van der Waals surface area contributed by atoms with Gasteiger partial charge < -0.3 is 24.3 Å². The van der Waals surface area contributed by atoms with Crippen molar-refractivity contribution < 1.29 is 23.7 Å². The van der Waals surface area contributed by atoms with Gasteiger partial charge in [-0.3, -0.25) is 4.79 Å². The SMILES string of the molecule is O=C(NCc1ccc2c(c1)OCO2)[C@H]1COc2ccccc2O1. The highest BCUT2D eigenvalue weighted by Crippen LogP contribution is 2.33. The number of amides is 1. The van der Waals surface area contributed by atoms with Crippen molar-refractivity contribution in [2.75, 3.05) is 13.4 Å². The van der Waals surface area contributed by atoms with Crippen LogP contribution in [0.25, 0.3) is 0 Å². The quantitative estimate of drug-likeness (QED) is 0.937. The summed E-state index contributed by atoms with van der Waals surface area (Å²) < 4.78 is 21.8. The smallest absolute Gasteiger partial charge is 0.264 e. The standard InChI is InChI=1S/C17H15NO5/c19-17(16-9-20-12-3-1-2-4-14(12)23-16)18-8-11-5-6-13-15(7-11)22-10-21-13/h1-7,16H,8-10H2,(H,18,19)/t16-/m1/s1. The monoisotopic (exact) mass is 313 g/mol. The second-order valence-corrected chi connectivity index (χ2v) is 5.27. The number of para-hydroxylation sites is 2. The summed E-state index contributed by atoms with van der Waals surface area (Å²) in [7, 11) is 0. The summed E-state index contributed by atoms with van der Waals surface area (Å²) in [5, 5.41) is 2.85. The van der Waals surface area contributed by atoms with E-state index in [0.29, 0.717) is 23.8 Å². The fourth-order valence-corrected chi connectivity index (χ4v) is 2.50. The molecule has 6 heteroatoms. The zero-order valence-corrected chi connectivity index (χ0v) is 12.3. The second-order valence-electron chi connectivity index (χ2n) is 5.27. The molecule has 0 bridgehead atoms. The molecule has 0 saturated heterocycles. The molecule has 0 spiro atoms. The third kappa shape index (κ3) is 2.75. The van der Waals surface area contributed by atoms with E-state index in [1.165, 1.54) is 0 Å². The van der Waals surface area contributed by atoms with E-state index in [9.17, 15) is 4.79 Å². The molecule has 0 unspecified atom stereocenters. The fraction of sp³-hybridized carbons (Fsp3) is 0.235. The maximum absolute atomic E-state index is 12.2. The van der Waals surface area contributed by atoms with E-state index in [1.807, 2.05) is 36.4 Å². The molecule has 0 fully saturated rings. The van der Waals surface area contributed by atoms with Gasteiger partial charge in [0, 0.05) is 6.54 Å². The lowest BCUT2D eigenvalue weighted by Crippen LogP contribution is -2.43. The summed E-state index contributed by atoms with van der Waals surface area (Å²) in [5.74, 6) is 2.45. The van der Waals surface area contributed by atoms with E-state index < -0.39 is 6.10 Å². The van der Waals surface area contributed by atoms with Crippen LogP contribution in [0.1, 0.15) is 5.56 Å². The Balaban J connectivity index is 1.37. The van der Waals surface area contributed by atoms with Crippen LogP contribution in [-0.2, 0) is 11.3 Å². The summed E-state index contributed by atoms with van der Waals surface area (Å²) in [4.78, 5) is 12.2. The number of fused-ring (bicyclic) bond motifs is 2. The molecule has 0 aromatic heterocycles. The molecule has 2 aliphatic heterocycles. The number of hydrogen-bond acceptors (Lipinski definition) is 5. The van der Waals surface area contributed by atoms with Gasteiger partial charge in [0.1, 0.15) is 6.61 Å². The van der Waals surface area contributed by atoms with Crippen molar-refractivity contribution in [2.45, 2.75) is 12.6 Å². The number of benzene rings is 2. The molecule has 2 aliphatic rings. The Kier molecular flexibility index (Phi) is 3.42. The average Bonchev–Trinajstić information content (AvgIpc) is 3.07. The number of rotatable bonds is 3. The lowest BCUT2D eigenvalue weighted by molar-refractivity contribution is -0.130. The molecule has 2 aromatic rings. The van der Waals surface area contributed by atoms with Crippen molar-refractivity contribution in [3.63, 3.8) is 0 Å². The van der Waals surface area contributed by atoms with Crippen molar-refractivity contribution in [1.82, 2.24) is 5.32 Å². The summed E-state index contributed by atoms with van der Waals surface area (Å²) in [6.45, 7) is 0.818. The van der Waals surface area contributed by atoms with Gasteiger partial charge in [-0.05, 0) is 29.8 Å². The molecule has 23 heavy (non-hydrogen) atoms. The summed E-state index contributed by atoms with van der Waals surface area (Å²) in [6, 6.07) is 12.9. The van der Waals surface area contributed by atoms with Crippen LogP contribution in [-0.4, -0.2) is 25.4 Å². The first-order valence-electron chi connectivity index (χ1n) is 7.34. The lowest BCUT2D eigenvalue weighted by atomic mass is 10.2. The highest BCUT2D eigenvalue weighted by molar-refractivity contribution is 5.81. The molecular formula is C17H15NO5. The van der Waals surface area contributed by atoms with Gasteiger partial charge in [0.25, 0.3) is 5.91 Å². The molecule has 4 rings (SSSR count). The minimum absolute atomic E-state index is 0.198. The Morgan fingerprint density at radius 3 is 2.70 bits per heavy atom. The topological polar surface area (TPSA) is 66.0 Å². The van der Waals surface area contributed by atoms with Gasteiger partial charge in [0.2, 0.25) is 12.9 Å². The Hall–Kier alpha value is -2.89. The van der Waals surface area contributed by atoms with E-state index in [-0.39, 0.29) is 19.3 Å². The summed E-state index contributed by atoms with van der Waals surface area (Å²) >= 11 is 0. The molecule has 0 aliphatic carbocycles.